The zero-order valence-electron chi connectivity index (χ0n) is 39.2. The van der Waals surface area contributed by atoms with Crippen LogP contribution in [0.1, 0.15) is 25.0 Å². The van der Waals surface area contributed by atoms with Crippen molar-refractivity contribution in [1.29, 1.82) is 0 Å². The van der Waals surface area contributed by atoms with Gasteiger partial charge in [-0.2, -0.15) is 0 Å². The van der Waals surface area contributed by atoms with Crippen LogP contribution in [0.25, 0.3) is 71.6 Å². The minimum Gasteiger partial charge on any atom is -0.310 e. The second kappa shape index (κ2) is 16.7. The van der Waals surface area contributed by atoms with Gasteiger partial charge in [0.15, 0.2) is 0 Å². The molecule has 0 unspecified atom stereocenters. The monoisotopic (exact) mass is 895 g/mol. The average molecular weight is 896 g/mol. The van der Waals surface area contributed by atoms with E-state index < -0.39 is 0 Å². The highest BCUT2D eigenvalue weighted by atomic mass is 15.2. The molecule has 13 rings (SSSR count). The lowest BCUT2D eigenvalue weighted by molar-refractivity contribution is 0.660. The van der Waals surface area contributed by atoms with E-state index in [-0.39, 0.29) is 5.41 Å². The fourth-order valence-corrected chi connectivity index (χ4v) is 11.1. The molecule has 1 aromatic heterocycles. The summed E-state index contributed by atoms with van der Waals surface area (Å²) in [5, 5.41) is 4.84. The quantitative estimate of drug-likeness (QED) is 0.143. The van der Waals surface area contributed by atoms with Crippen molar-refractivity contribution in [3.8, 4) is 39.1 Å². The summed E-state index contributed by atoms with van der Waals surface area (Å²) < 4.78 is 2.41. The maximum Gasteiger partial charge on any atom is 0.0541 e. The Hall–Kier alpha value is -8.92. The molecule has 1 aliphatic rings. The predicted octanol–water partition coefficient (Wildman–Crippen LogP) is 18.5. The Kier molecular flexibility index (Phi) is 9.85. The van der Waals surface area contributed by atoms with Gasteiger partial charge >= 0.3 is 0 Å². The number of fused-ring (bicyclic) bond motifs is 7. The molecule has 0 atom stereocenters. The third kappa shape index (κ3) is 6.97. The van der Waals surface area contributed by atoms with Gasteiger partial charge < -0.3 is 14.4 Å². The minimum atomic E-state index is -0.157. The molecule has 3 heteroatoms. The zero-order valence-corrected chi connectivity index (χ0v) is 39.2. The van der Waals surface area contributed by atoms with Gasteiger partial charge in [-0.05, 0) is 152 Å². The Morgan fingerprint density at radius 3 is 1.57 bits per heavy atom. The van der Waals surface area contributed by atoms with Crippen molar-refractivity contribution in [3.63, 3.8) is 0 Å². The molecule has 0 radical (unpaired) electrons. The number of anilines is 6. The molecule has 1 heterocycles. The van der Waals surface area contributed by atoms with Gasteiger partial charge in [0.25, 0.3) is 0 Å². The van der Waals surface area contributed by atoms with E-state index in [9.17, 15) is 0 Å². The summed E-state index contributed by atoms with van der Waals surface area (Å²) in [6.45, 7) is 4.72. The van der Waals surface area contributed by atoms with E-state index in [0.29, 0.717) is 0 Å². The van der Waals surface area contributed by atoms with Crippen LogP contribution in [0.4, 0.5) is 34.1 Å². The van der Waals surface area contributed by atoms with Crippen molar-refractivity contribution < 1.29 is 0 Å². The highest BCUT2D eigenvalue weighted by Crippen LogP contribution is 2.51. The van der Waals surface area contributed by atoms with Crippen LogP contribution >= 0.6 is 0 Å². The lowest BCUT2D eigenvalue weighted by Gasteiger charge is -2.31. The lowest BCUT2D eigenvalue weighted by Crippen LogP contribution is -2.17. The SMILES string of the molecule is CC1(C)c2ccccc2-c2ccc(N(c3ccccc3)c3cc(-c4ccc5c(c4)c4ccccc4n5-c4ccc(-c5ccccc5)cc4)cc(N(c4ccccc4)c4ccc5ccccc5c4)c3)cc21. The fraction of sp³-hybridized carbons (Fsp3) is 0.0448. The molecule has 0 N–H and O–H groups in total. The highest BCUT2D eigenvalue weighted by molar-refractivity contribution is 6.10. The molecule has 3 nitrogen and oxygen atoms in total. The molecule has 0 aliphatic heterocycles. The second-order valence-electron chi connectivity index (χ2n) is 19.0. The van der Waals surface area contributed by atoms with Gasteiger partial charge in [-0.15, -0.1) is 0 Å². The standard InChI is InChI=1S/C67H49N3/c1-67(2)63-28-16-14-26-59(63)60-38-37-56(45-64(60)67)69(53-24-10-5-11-25-53)58-42-51(41-57(44-58)68(52-22-8-4-9-23-52)55-36-32-47-20-12-13-21-49(47)40-55)50-33-39-66-62(43-50)61-27-15-17-29-65(61)70(66)54-34-30-48(31-35-54)46-18-6-3-7-19-46/h3-45H,1-2H3. The molecule has 332 valence electrons. The van der Waals surface area contributed by atoms with Crippen molar-refractivity contribution in [3.05, 3.63) is 272 Å². The summed E-state index contributed by atoms with van der Waals surface area (Å²) >= 11 is 0. The van der Waals surface area contributed by atoms with Gasteiger partial charge in [-0.25, -0.2) is 0 Å². The van der Waals surface area contributed by atoms with Crippen molar-refractivity contribution in [2.75, 3.05) is 9.80 Å². The molecule has 70 heavy (non-hydrogen) atoms. The van der Waals surface area contributed by atoms with Gasteiger partial charge in [0.2, 0.25) is 0 Å². The maximum absolute atomic E-state index is 2.44. The van der Waals surface area contributed by atoms with Gasteiger partial charge in [0.1, 0.15) is 0 Å². The molecule has 0 saturated carbocycles. The van der Waals surface area contributed by atoms with Crippen molar-refractivity contribution in [2.45, 2.75) is 19.3 Å². The van der Waals surface area contributed by atoms with E-state index in [1.807, 2.05) is 0 Å². The largest absolute Gasteiger partial charge is 0.310 e. The van der Waals surface area contributed by atoms with Crippen molar-refractivity contribution in [2.24, 2.45) is 0 Å². The molecule has 0 bridgehead atoms. The first kappa shape index (κ1) is 41.3. The topological polar surface area (TPSA) is 11.4 Å². The smallest absolute Gasteiger partial charge is 0.0541 e. The Morgan fingerprint density at radius 1 is 0.300 bits per heavy atom. The number of hydrogen-bond acceptors (Lipinski definition) is 2. The van der Waals surface area contributed by atoms with Gasteiger partial charge in [0.05, 0.1) is 11.0 Å². The van der Waals surface area contributed by atoms with Gasteiger partial charge in [-0.3, -0.25) is 0 Å². The van der Waals surface area contributed by atoms with Crippen LogP contribution in [0.15, 0.2) is 261 Å². The number of nitrogens with zero attached hydrogens (tertiary/aromatic N) is 3. The Bertz CT molecular complexity index is 3910. The number of hydrogen-bond donors (Lipinski definition) is 0. The first-order chi connectivity index (χ1) is 34.5. The van der Waals surface area contributed by atoms with Gasteiger partial charge in [0, 0.05) is 56.0 Å². The van der Waals surface area contributed by atoms with Crippen molar-refractivity contribution in [1.82, 2.24) is 4.57 Å². The normalized spacial score (nSPS) is 12.5. The van der Waals surface area contributed by atoms with Crippen LogP contribution in [0.3, 0.4) is 0 Å². The van der Waals surface area contributed by atoms with E-state index in [2.05, 4.69) is 289 Å². The lowest BCUT2D eigenvalue weighted by atomic mass is 9.82. The maximum atomic E-state index is 2.44. The first-order valence-corrected chi connectivity index (χ1v) is 24.2. The third-order valence-corrected chi connectivity index (χ3v) is 14.5. The summed E-state index contributed by atoms with van der Waals surface area (Å²) in [7, 11) is 0. The van der Waals surface area contributed by atoms with Crippen molar-refractivity contribution >= 4 is 66.7 Å². The molecule has 11 aromatic carbocycles. The Balaban J connectivity index is 1.03. The van der Waals surface area contributed by atoms with Gasteiger partial charge in [-0.1, -0.05) is 178 Å². The van der Waals surface area contributed by atoms with Crippen LogP contribution in [-0.2, 0) is 5.41 Å². The van der Waals surface area contributed by atoms with E-state index in [0.717, 1.165) is 50.9 Å². The average Bonchev–Trinajstić information content (AvgIpc) is 3.87. The number of rotatable bonds is 9. The summed E-state index contributed by atoms with van der Waals surface area (Å²) in [5.41, 5.74) is 19.8. The number of aromatic nitrogens is 1. The highest BCUT2D eigenvalue weighted by Gasteiger charge is 2.36. The molecule has 12 aromatic rings. The zero-order chi connectivity index (χ0) is 46.8. The molecule has 0 spiro atoms. The first-order valence-electron chi connectivity index (χ1n) is 24.2. The summed E-state index contributed by atoms with van der Waals surface area (Å²) in [4.78, 5) is 4.86. The molecular formula is C67H49N3. The van der Waals surface area contributed by atoms with E-state index in [1.54, 1.807) is 0 Å². The van der Waals surface area contributed by atoms with Crippen LogP contribution in [-0.4, -0.2) is 4.57 Å². The summed E-state index contributed by atoms with van der Waals surface area (Å²) in [5.74, 6) is 0. The minimum absolute atomic E-state index is 0.157. The van der Waals surface area contributed by atoms with E-state index >= 15 is 0 Å². The molecule has 0 saturated heterocycles. The second-order valence-corrected chi connectivity index (χ2v) is 19.0. The number of para-hydroxylation sites is 3. The number of benzene rings is 11. The molecule has 0 amide bonds. The van der Waals surface area contributed by atoms with E-state index in [4.69, 9.17) is 0 Å². The molecule has 1 aliphatic carbocycles. The van der Waals surface area contributed by atoms with Crippen LogP contribution in [0.2, 0.25) is 0 Å². The Morgan fingerprint density at radius 2 is 0.843 bits per heavy atom. The van der Waals surface area contributed by atoms with Crippen LogP contribution in [0, 0.1) is 0 Å². The molecule has 0 fully saturated rings. The van der Waals surface area contributed by atoms with E-state index in [1.165, 1.54) is 66.0 Å². The molecular weight excluding hydrogens is 847 g/mol. The summed E-state index contributed by atoms with van der Waals surface area (Å²) in [6.07, 6.45) is 0. The summed E-state index contributed by atoms with van der Waals surface area (Å²) in [6, 6.07) is 95.6. The third-order valence-electron chi connectivity index (χ3n) is 14.5. The Labute approximate surface area is 409 Å². The van der Waals surface area contributed by atoms with Crippen LogP contribution in [0.5, 0.6) is 0 Å². The fourth-order valence-electron chi connectivity index (χ4n) is 11.1. The van der Waals surface area contributed by atoms with Crippen LogP contribution < -0.4 is 9.80 Å². The predicted molar refractivity (Wildman–Crippen MR) is 296 cm³/mol.